The van der Waals surface area contributed by atoms with E-state index in [1.807, 2.05) is 65.3 Å². The maximum atomic E-state index is 13.3. The number of benzene rings is 3. The number of pyridine rings is 1. The third-order valence-corrected chi connectivity index (χ3v) is 7.49. The maximum absolute atomic E-state index is 13.3. The van der Waals surface area contributed by atoms with E-state index in [0.29, 0.717) is 35.7 Å². The Labute approximate surface area is 237 Å². The Morgan fingerprint density at radius 2 is 1.80 bits per heavy atom. The average Bonchev–Trinajstić information content (AvgIpc) is 3.65. The van der Waals surface area contributed by atoms with Gasteiger partial charge in [-0.15, -0.1) is 5.10 Å². The van der Waals surface area contributed by atoms with Crippen molar-refractivity contribution in [2.75, 3.05) is 20.4 Å². The molecule has 0 aliphatic carbocycles. The predicted molar refractivity (Wildman–Crippen MR) is 154 cm³/mol. The number of hydrogen-bond acceptors (Lipinski definition) is 8. The van der Waals surface area contributed by atoms with Crippen LogP contribution in [0.25, 0.3) is 10.9 Å². The molecular formula is C31H32N6O4. The lowest BCUT2D eigenvalue weighted by atomic mass is 10.1. The number of ether oxygens (including phenoxy) is 3. The van der Waals surface area contributed by atoms with Crippen LogP contribution in [0.2, 0.25) is 0 Å². The number of tetrazole rings is 1. The molecule has 0 radical (unpaired) electrons. The van der Waals surface area contributed by atoms with Gasteiger partial charge in [0.25, 0.3) is 5.56 Å². The lowest BCUT2D eigenvalue weighted by molar-refractivity contribution is 0.172. The molecule has 0 amide bonds. The number of nitrogens with zero attached hydrogens (tertiary/aromatic N) is 5. The summed E-state index contributed by atoms with van der Waals surface area (Å²) in [5.41, 5.74) is 3.54. The standard InChI is InChI=1S/C31H32N6O4/c1-3-27(30-33-34-35-37(30)18-22-9-11-25(39-2)12-10-22)36(14-13-21-7-5-4-6-8-21)19-24-15-23-16-28-29(41-20-40-28)17-26(23)32-31(24)38/h4-12,15-17,27H,3,13-14,18-20H2,1-2H3,(H,32,38). The minimum atomic E-state index is -0.131. The fourth-order valence-electron chi connectivity index (χ4n) is 5.31. The van der Waals surface area contributed by atoms with E-state index in [9.17, 15) is 4.79 Å². The van der Waals surface area contributed by atoms with E-state index in [-0.39, 0.29) is 18.4 Å². The Kier molecular flexibility index (Phi) is 7.64. The third-order valence-electron chi connectivity index (χ3n) is 7.49. The smallest absolute Gasteiger partial charge is 0.252 e. The molecule has 2 aromatic heterocycles. The quantitative estimate of drug-likeness (QED) is 0.255. The number of nitrogens with one attached hydrogen (secondary N) is 1. The predicted octanol–water partition coefficient (Wildman–Crippen LogP) is 4.50. The molecule has 1 aliphatic rings. The van der Waals surface area contributed by atoms with E-state index in [1.165, 1.54) is 5.56 Å². The highest BCUT2D eigenvalue weighted by atomic mass is 16.7. The molecule has 0 saturated carbocycles. The number of aromatic amines is 1. The summed E-state index contributed by atoms with van der Waals surface area (Å²) in [6, 6.07) is 23.8. The first-order chi connectivity index (χ1) is 20.1. The van der Waals surface area contributed by atoms with E-state index in [0.717, 1.165) is 41.9 Å². The van der Waals surface area contributed by atoms with Crippen molar-refractivity contribution in [3.63, 3.8) is 0 Å². The van der Waals surface area contributed by atoms with Gasteiger partial charge >= 0.3 is 0 Å². The molecule has 3 aromatic carbocycles. The van der Waals surface area contributed by atoms with Crippen molar-refractivity contribution in [2.24, 2.45) is 0 Å². The molecule has 0 fully saturated rings. The van der Waals surface area contributed by atoms with Crippen LogP contribution in [-0.4, -0.2) is 50.5 Å². The number of hydrogen-bond donors (Lipinski definition) is 1. The molecule has 1 atom stereocenters. The van der Waals surface area contributed by atoms with Crippen LogP contribution in [0.4, 0.5) is 0 Å². The van der Waals surface area contributed by atoms with Gasteiger partial charge in [-0.1, -0.05) is 49.4 Å². The van der Waals surface area contributed by atoms with E-state index >= 15 is 0 Å². The van der Waals surface area contributed by atoms with Gasteiger partial charge in [0.15, 0.2) is 17.3 Å². The second-order valence-corrected chi connectivity index (χ2v) is 10.1. The monoisotopic (exact) mass is 552 g/mol. The van der Waals surface area contributed by atoms with Crippen LogP contribution in [0.1, 0.15) is 41.9 Å². The number of fused-ring (bicyclic) bond motifs is 2. The number of H-pyrrole nitrogens is 1. The third kappa shape index (κ3) is 5.78. The van der Waals surface area contributed by atoms with Crippen molar-refractivity contribution in [1.29, 1.82) is 0 Å². The highest BCUT2D eigenvalue weighted by Crippen LogP contribution is 2.35. The zero-order valence-corrected chi connectivity index (χ0v) is 23.1. The molecule has 1 N–H and O–H groups in total. The summed E-state index contributed by atoms with van der Waals surface area (Å²) in [5, 5.41) is 13.7. The SMILES string of the molecule is CCC(c1nnnn1Cc1ccc(OC)cc1)N(CCc1ccccc1)Cc1cc2cc3c(cc2[nH]c1=O)OCO3. The first-order valence-electron chi connectivity index (χ1n) is 13.7. The summed E-state index contributed by atoms with van der Waals surface area (Å²) in [6.07, 6.45) is 1.59. The Morgan fingerprint density at radius 3 is 2.56 bits per heavy atom. The summed E-state index contributed by atoms with van der Waals surface area (Å²) >= 11 is 0. The second-order valence-electron chi connectivity index (χ2n) is 10.1. The molecule has 1 unspecified atom stereocenters. The highest BCUT2D eigenvalue weighted by Gasteiger charge is 2.26. The van der Waals surface area contributed by atoms with Crippen LogP contribution >= 0.6 is 0 Å². The molecule has 5 aromatic rings. The molecule has 3 heterocycles. The van der Waals surface area contributed by atoms with Crippen LogP contribution in [0.15, 0.2) is 77.6 Å². The van der Waals surface area contributed by atoms with Gasteiger partial charge in [-0.2, -0.15) is 0 Å². The van der Waals surface area contributed by atoms with Gasteiger partial charge in [-0.25, -0.2) is 4.68 Å². The molecule has 6 rings (SSSR count). The minimum absolute atomic E-state index is 0.112. The Balaban J connectivity index is 1.32. The molecule has 0 spiro atoms. The summed E-state index contributed by atoms with van der Waals surface area (Å²) in [7, 11) is 1.65. The van der Waals surface area contributed by atoms with Gasteiger partial charge in [0, 0.05) is 30.1 Å². The highest BCUT2D eigenvalue weighted by molar-refractivity contribution is 5.83. The summed E-state index contributed by atoms with van der Waals surface area (Å²) in [5.74, 6) is 2.88. The van der Waals surface area contributed by atoms with Crippen molar-refractivity contribution in [2.45, 2.75) is 38.9 Å². The number of aromatic nitrogens is 5. The summed E-state index contributed by atoms with van der Waals surface area (Å²) in [6.45, 7) is 3.98. The minimum Gasteiger partial charge on any atom is -0.497 e. The van der Waals surface area contributed by atoms with Crippen LogP contribution < -0.4 is 19.8 Å². The van der Waals surface area contributed by atoms with Crippen molar-refractivity contribution >= 4 is 10.9 Å². The molecule has 1 aliphatic heterocycles. The van der Waals surface area contributed by atoms with Crippen LogP contribution in [0.5, 0.6) is 17.2 Å². The molecule has 0 saturated heterocycles. The lowest BCUT2D eigenvalue weighted by Crippen LogP contribution is -2.34. The van der Waals surface area contributed by atoms with Crippen molar-refractivity contribution < 1.29 is 14.2 Å². The summed E-state index contributed by atoms with van der Waals surface area (Å²) in [4.78, 5) is 18.6. The zero-order valence-electron chi connectivity index (χ0n) is 23.1. The molecule has 210 valence electrons. The number of methoxy groups -OCH3 is 1. The van der Waals surface area contributed by atoms with E-state index < -0.39 is 0 Å². The Hall–Kier alpha value is -4.70. The first kappa shape index (κ1) is 26.5. The van der Waals surface area contributed by atoms with E-state index in [2.05, 4.69) is 44.5 Å². The molecule has 0 bridgehead atoms. The largest absolute Gasteiger partial charge is 0.497 e. The normalized spacial score (nSPS) is 13.1. The molecule has 10 heteroatoms. The van der Waals surface area contributed by atoms with E-state index in [1.54, 1.807) is 7.11 Å². The van der Waals surface area contributed by atoms with Gasteiger partial charge in [-0.05, 0) is 58.7 Å². The van der Waals surface area contributed by atoms with Gasteiger partial charge in [-0.3, -0.25) is 9.69 Å². The average molecular weight is 553 g/mol. The van der Waals surface area contributed by atoms with Gasteiger partial charge in [0.2, 0.25) is 6.79 Å². The lowest BCUT2D eigenvalue weighted by Gasteiger charge is -2.30. The Morgan fingerprint density at radius 1 is 1.02 bits per heavy atom. The second kappa shape index (κ2) is 11.8. The van der Waals surface area contributed by atoms with Crippen molar-refractivity contribution in [1.82, 2.24) is 30.1 Å². The maximum Gasteiger partial charge on any atom is 0.252 e. The van der Waals surface area contributed by atoms with Crippen molar-refractivity contribution in [3.05, 3.63) is 106 Å². The van der Waals surface area contributed by atoms with Gasteiger partial charge in [0.05, 0.1) is 25.2 Å². The van der Waals surface area contributed by atoms with E-state index in [4.69, 9.17) is 14.2 Å². The number of rotatable bonds is 11. The molecule has 10 nitrogen and oxygen atoms in total. The van der Waals surface area contributed by atoms with Gasteiger partial charge in [0.1, 0.15) is 5.75 Å². The van der Waals surface area contributed by atoms with Crippen LogP contribution in [-0.2, 0) is 19.5 Å². The molecule has 41 heavy (non-hydrogen) atoms. The Bertz CT molecular complexity index is 1680. The van der Waals surface area contributed by atoms with Crippen molar-refractivity contribution in [3.8, 4) is 17.2 Å². The van der Waals surface area contributed by atoms with Crippen LogP contribution in [0.3, 0.4) is 0 Å². The fourth-order valence-corrected chi connectivity index (χ4v) is 5.31. The topological polar surface area (TPSA) is 107 Å². The molecular weight excluding hydrogens is 520 g/mol. The van der Waals surface area contributed by atoms with Crippen LogP contribution in [0, 0.1) is 0 Å². The fraction of sp³-hybridized carbons (Fsp3) is 0.290. The zero-order chi connectivity index (χ0) is 28.2. The summed E-state index contributed by atoms with van der Waals surface area (Å²) < 4.78 is 18.2. The van der Waals surface area contributed by atoms with Gasteiger partial charge < -0.3 is 19.2 Å². The first-order valence-corrected chi connectivity index (χ1v) is 13.7.